The van der Waals surface area contributed by atoms with E-state index in [0.29, 0.717) is 23.6 Å². The van der Waals surface area contributed by atoms with E-state index in [2.05, 4.69) is 54.3 Å². The molecule has 1 saturated heterocycles. The maximum Gasteiger partial charge on any atom is 0.138 e. The second kappa shape index (κ2) is 9.17. The number of rotatable bonds is 7. The van der Waals surface area contributed by atoms with Gasteiger partial charge in [0.05, 0.1) is 30.1 Å². The molecule has 1 N–H and O–H groups in total. The molecule has 3 aromatic rings. The maximum absolute atomic E-state index is 9.53. The minimum absolute atomic E-state index is 0.335. The normalized spacial score (nSPS) is 15.8. The van der Waals surface area contributed by atoms with E-state index in [0.717, 1.165) is 60.7 Å². The van der Waals surface area contributed by atoms with Crippen LogP contribution in [-0.4, -0.2) is 46.9 Å². The summed E-state index contributed by atoms with van der Waals surface area (Å²) in [5.41, 5.74) is 3.49. The lowest BCUT2D eigenvalue weighted by atomic mass is 9.80. The van der Waals surface area contributed by atoms with Gasteiger partial charge in [-0.25, -0.2) is 9.50 Å². The predicted molar refractivity (Wildman–Crippen MR) is 127 cm³/mol. The van der Waals surface area contributed by atoms with E-state index in [-0.39, 0.29) is 0 Å². The Balaban J connectivity index is 1.55. The highest BCUT2D eigenvalue weighted by atomic mass is 16.5. The van der Waals surface area contributed by atoms with Gasteiger partial charge in [0.2, 0.25) is 0 Å². The monoisotopic (exact) mass is 432 g/mol. The van der Waals surface area contributed by atoms with Gasteiger partial charge in [0.1, 0.15) is 17.6 Å². The van der Waals surface area contributed by atoms with Crippen LogP contribution in [0, 0.1) is 16.7 Å². The fraction of sp³-hybridized carbons (Fsp3) is 0.480. The fourth-order valence-electron chi connectivity index (χ4n) is 4.28. The second-order valence-electron chi connectivity index (χ2n) is 9.22. The van der Waals surface area contributed by atoms with Gasteiger partial charge < -0.3 is 15.0 Å². The molecule has 0 spiro atoms. The Labute approximate surface area is 190 Å². The number of nitrogens with one attached hydrogen (secondary N) is 1. The van der Waals surface area contributed by atoms with Crippen molar-refractivity contribution in [1.29, 1.82) is 5.26 Å². The molecule has 3 aromatic heterocycles. The van der Waals surface area contributed by atoms with Gasteiger partial charge in [-0.15, -0.1) is 0 Å². The number of hydrogen-bond donors (Lipinski definition) is 1. The van der Waals surface area contributed by atoms with Crippen LogP contribution in [0.15, 0.2) is 36.8 Å². The third-order valence-corrected chi connectivity index (χ3v) is 6.31. The highest BCUT2D eigenvalue weighted by molar-refractivity contribution is 5.85. The zero-order valence-corrected chi connectivity index (χ0v) is 19.4. The summed E-state index contributed by atoms with van der Waals surface area (Å²) >= 11 is 0. The zero-order valence-electron chi connectivity index (χ0n) is 19.4. The number of ether oxygens (including phenoxy) is 1. The largest absolute Gasteiger partial charge is 0.492 e. The first kappa shape index (κ1) is 22.1. The summed E-state index contributed by atoms with van der Waals surface area (Å²) in [5, 5.41) is 17.5. The molecule has 168 valence electrons. The van der Waals surface area contributed by atoms with Crippen LogP contribution in [0.3, 0.4) is 0 Å². The van der Waals surface area contributed by atoms with Gasteiger partial charge in [-0.3, -0.25) is 0 Å². The van der Waals surface area contributed by atoms with Crippen molar-refractivity contribution in [2.75, 3.05) is 31.1 Å². The van der Waals surface area contributed by atoms with Gasteiger partial charge in [-0.2, -0.15) is 10.4 Å². The Kier molecular flexibility index (Phi) is 6.33. The lowest BCUT2D eigenvalue weighted by molar-refractivity contribution is 0.230. The molecular weight excluding hydrogens is 400 g/mol. The third-order valence-electron chi connectivity index (χ3n) is 6.31. The molecule has 0 amide bonds. The predicted octanol–water partition coefficient (Wildman–Crippen LogP) is 4.27. The summed E-state index contributed by atoms with van der Waals surface area (Å²) in [7, 11) is 0. The van der Waals surface area contributed by atoms with Crippen molar-refractivity contribution in [3.63, 3.8) is 0 Å². The van der Waals surface area contributed by atoms with Gasteiger partial charge in [0.25, 0.3) is 0 Å². The molecule has 4 heterocycles. The first-order valence-corrected chi connectivity index (χ1v) is 11.4. The van der Waals surface area contributed by atoms with Gasteiger partial charge >= 0.3 is 0 Å². The highest BCUT2D eigenvalue weighted by Crippen LogP contribution is 2.34. The van der Waals surface area contributed by atoms with Crippen molar-refractivity contribution in [1.82, 2.24) is 19.9 Å². The number of fused-ring (bicyclic) bond motifs is 1. The first-order chi connectivity index (χ1) is 15.4. The van der Waals surface area contributed by atoms with Gasteiger partial charge in [0, 0.05) is 43.0 Å². The number of aromatic nitrogens is 3. The van der Waals surface area contributed by atoms with E-state index in [1.165, 1.54) is 0 Å². The van der Waals surface area contributed by atoms with Crippen LogP contribution in [-0.2, 0) is 0 Å². The van der Waals surface area contributed by atoms with E-state index < -0.39 is 0 Å². The molecule has 4 rings (SSSR count). The van der Waals surface area contributed by atoms with Gasteiger partial charge in [-0.05, 0) is 43.4 Å². The molecule has 0 atom stereocenters. The van der Waals surface area contributed by atoms with Crippen LogP contribution in [0.1, 0.15) is 46.1 Å². The van der Waals surface area contributed by atoms with E-state index in [1.54, 1.807) is 10.7 Å². The molecular formula is C25H32N6O. The van der Waals surface area contributed by atoms with Crippen molar-refractivity contribution < 1.29 is 4.74 Å². The molecule has 1 fully saturated rings. The lowest BCUT2D eigenvalue weighted by Gasteiger charge is -2.40. The van der Waals surface area contributed by atoms with Crippen molar-refractivity contribution >= 4 is 11.3 Å². The van der Waals surface area contributed by atoms with Crippen molar-refractivity contribution in [2.24, 2.45) is 5.41 Å². The number of anilines is 1. The summed E-state index contributed by atoms with van der Waals surface area (Å²) < 4.78 is 7.43. The van der Waals surface area contributed by atoms with Crippen LogP contribution >= 0.6 is 0 Å². The Morgan fingerprint density at radius 3 is 2.66 bits per heavy atom. The summed E-state index contributed by atoms with van der Waals surface area (Å²) in [6.07, 6.45) is 7.59. The van der Waals surface area contributed by atoms with Crippen molar-refractivity contribution in [3.05, 3.63) is 42.4 Å². The molecule has 0 saturated carbocycles. The molecule has 7 heteroatoms. The zero-order chi connectivity index (χ0) is 22.7. The lowest BCUT2D eigenvalue weighted by Crippen LogP contribution is -2.45. The SMILES string of the molecule is CCOc1cc(-c2ccc(N3CCC(C)(CNC(C)C)CC3)nc2)c2c(C#N)cnn2c1. The number of hydrogen-bond acceptors (Lipinski definition) is 6. The minimum Gasteiger partial charge on any atom is -0.492 e. The molecule has 0 bridgehead atoms. The second-order valence-corrected chi connectivity index (χ2v) is 9.22. The summed E-state index contributed by atoms with van der Waals surface area (Å²) in [5.74, 6) is 1.72. The molecule has 1 aliphatic heterocycles. The van der Waals surface area contributed by atoms with Crippen molar-refractivity contribution in [2.45, 2.75) is 46.6 Å². The van der Waals surface area contributed by atoms with E-state index in [4.69, 9.17) is 9.72 Å². The molecule has 0 aliphatic carbocycles. The highest BCUT2D eigenvalue weighted by Gasteiger charge is 2.30. The van der Waals surface area contributed by atoms with E-state index in [9.17, 15) is 5.26 Å². The standard InChI is InChI=1S/C25H32N6O/c1-5-32-21-12-22(24-20(13-26)15-29-31(24)16-21)19-6-7-23(27-14-19)30-10-8-25(4,9-11-30)17-28-18(2)3/h6-7,12,14-16,18,28H,5,8-11,17H2,1-4H3. The third kappa shape index (κ3) is 4.56. The Morgan fingerprint density at radius 2 is 2.03 bits per heavy atom. The smallest absolute Gasteiger partial charge is 0.138 e. The van der Waals surface area contributed by atoms with Crippen LogP contribution in [0.5, 0.6) is 5.75 Å². The molecule has 0 aromatic carbocycles. The fourth-order valence-corrected chi connectivity index (χ4v) is 4.28. The molecule has 0 unspecified atom stereocenters. The number of pyridine rings is 2. The minimum atomic E-state index is 0.335. The molecule has 0 radical (unpaired) electrons. The number of nitriles is 1. The summed E-state index contributed by atoms with van der Waals surface area (Å²) in [4.78, 5) is 7.15. The van der Waals surface area contributed by atoms with E-state index in [1.807, 2.05) is 25.4 Å². The van der Waals surface area contributed by atoms with Gasteiger partial charge in [-0.1, -0.05) is 20.8 Å². The van der Waals surface area contributed by atoms with Gasteiger partial charge in [0.15, 0.2) is 0 Å². The quantitative estimate of drug-likeness (QED) is 0.601. The van der Waals surface area contributed by atoms with E-state index >= 15 is 0 Å². The Bertz CT molecular complexity index is 1100. The number of nitrogens with zero attached hydrogens (tertiary/aromatic N) is 5. The Hall–Kier alpha value is -3.11. The molecule has 32 heavy (non-hydrogen) atoms. The first-order valence-electron chi connectivity index (χ1n) is 11.4. The molecule has 1 aliphatic rings. The van der Waals surface area contributed by atoms with Crippen molar-refractivity contribution in [3.8, 4) is 22.9 Å². The molecule has 7 nitrogen and oxygen atoms in total. The average molecular weight is 433 g/mol. The maximum atomic E-state index is 9.53. The van der Waals surface area contributed by atoms with Crippen LogP contribution < -0.4 is 15.0 Å². The van der Waals surface area contributed by atoms with Crippen LogP contribution in [0.25, 0.3) is 16.6 Å². The summed E-state index contributed by atoms with van der Waals surface area (Å²) in [6, 6.07) is 8.88. The number of piperidine rings is 1. The average Bonchev–Trinajstić information content (AvgIpc) is 3.21. The summed E-state index contributed by atoms with van der Waals surface area (Å²) in [6.45, 7) is 12.4. The topological polar surface area (TPSA) is 78.5 Å². The Morgan fingerprint density at radius 1 is 1.25 bits per heavy atom. The van der Waals surface area contributed by atoms with Crippen LogP contribution in [0.4, 0.5) is 5.82 Å². The van der Waals surface area contributed by atoms with Crippen LogP contribution in [0.2, 0.25) is 0 Å².